The molecule has 0 unspecified atom stereocenters. The molecule has 0 aliphatic rings. The lowest BCUT2D eigenvalue weighted by atomic mass is 10.1. The highest BCUT2D eigenvalue weighted by Crippen LogP contribution is 2.15. The van der Waals surface area contributed by atoms with E-state index in [2.05, 4.69) is 11.3 Å². The van der Waals surface area contributed by atoms with Gasteiger partial charge in [0.1, 0.15) is 5.75 Å². The quantitative estimate of drug-likeness (QED) is 0.480. The summed E-state index contributed by atoms with van der Waals surface area (Å²) in [4.78, 5) is 23.0. The molecule has 0 radical (unpaired) electrons. The van der Waals surface area contributed by atoms with Crippen LogP contribution in [0.15, 0.2) is 61.2 Å². The Kier molecular flexibility index (Phi) is 5.47. The minimum Gasteiger partial charge on any atom is -0.466 e. The maximum absolute atomic E-state index is 12.0. The molecule has 2 aromatic carbocycles. The van der Waals surface area contributed by atoms with E-state index in [9.17, 15) is 9.59 Å². The van der Waals surface area contributed by atoms with Gasteiger partial charge in [-0.05, 0) is 41.5 Å². The predicted octanol–water partition coefficient (Wildman–Crippen LogP) is 3.74. The Morgan fingerprint density at radius 1 is 0.957 bits per heavy atom. The average Bonchev–Trinajstić information content (AvgIpc) is 2.60. The van der Waals surface area contributed by atoms with Gasteiger partial charge in [0.15, 0.2) is 0 Å². The van der Waals surface area contributed by atoms with E-state index in [0.717, 1.165) is 11.1 Å². The Hall–Kier alpha value is -3.14. The van der Waals surface area contributed by atoms with Gasteiger partial charge in [0.25, 0.3) is 0 Å². The monoisotopic (exact) mass is 308 g/mol. The molecule has 23 heavy (non-hydrogen) atoms. The van der Waals surface area contributed by atoms with Crippen molar-refractivity contribution >= 4 is 24.1 Å². The normalized spacial score (nSPS) is 10.3. The van der Waals surface area contributed by atoms with Crippen LogP contribution in [0.4, 0.5) is 0 Å². The van der Waals surface area contributed by atoms with Crippen LogP contribution in [-0.4, -0.2) is 19.0 Å². The molecule has 0 heterocycles. The number of carbonyl (C=O) groups is 2. The van der Waals surface area contributed by atoms with Crippen molar-refractivity contribution in [3.8, 4) is 5.75 Å². The van der Waals surface area contributed by atoms with E-state index >= 15 is 0 Å². The van der Waals surface area contributed by atoms with E-state index in [1.807, 2.05) is 0 Å². The first-order valence-electron chi connectivity index (χ1n) is 6.93. The number of benzene rings is 2. The van der Waals surface area contributed by atoms with Gasteiger partial charge in [-0.25, -0.2) is 9.59 Å². The number of hydrogen-bond donors (Lipinski definition) is 0. The summed E-state index contributed by atoms with van der Waals surface area (Å²) in [6.45, 7) is 3.66. The fourth-order valence-electron chi connectivity index (χ4n) is 1.80. The Labute approximate surface area is 134 Å². The second-order valence-electron chi connectivity index (χ2n) is 4.64. The van der Waals surface area contributed by atoms with E-state index < -0.39 is 11.9 Å². The largest absolute Gasteiger partial charge is 0.466 e. The van der Waals surface area contributed by atoms with Crippen LogP contribution in [0, 0.1) is 0 Å². The van der Waals surface area contributed by atoms with Crippen LogP contribution < -0.4 is 4.74 Å². The van der Waals surface area contributed by atoms with Crippen molar-refractivity contribution in [2.75, 3.05) is 7.11 Å². The lowest BCUT2D eigenvalue weighted by Gasteiger charge is -2.05. The smallest absolute Gasteiger partial charge is 0.343 e. The number of rotatable bonds is 5. The molecular formula is C19H16O4. The van der Waals surface area contributed by atoms with Gasteiger partial charge in [-0.1, -0.05) is 36.9 Å². The van der Waals surface area contributed by atoms with Crippen molar-refractivity contribution in [2.45, 2.75) is 0 Å². The summed E-state index contributed by atoms with van der Waals surface area (Å²) >= 11 is 0. The minimum atomic E-state index is -0.432. The molecule has 0 saturated carbocycles. The predicted molar refractivity (Wildman–Crippen MR) is 89.0 cm³/mol. The zero-order valence-corrected chi connectivity index (χ0v) is 12.7. The third-order valence-electron chi connectivity index (χ3n) is 3.09. The van der Waals surface area contributed by atoms with E-state index in [0.29, 0.717) is 11.3 Å². The molecule has 116 valence electrons. The van der Waals surface area contributed by atoms with Crippen molar-refractivity contribution in [2.24, 2.45) is 0 Å². The molecule has 0 aromatic heterocycles. The summed E-state index contributed by atoms with van der Waals surface area (Å²) in [6, 6.07) is 13.8. The number of ether oxygens (including phenoxy) is 2. The molecule has 0 fully saturated rings. The molecule has 0 aliphatic carbocycles. The van der Waals surface area contributed by atoms with E-state index in [1.54, 1.807) is 60.7 Å². The molecule has 0 aliphatic heterocycles. The lowest BCUT2D eigenvalue weighted by molar-refractivity contribution is -0.134. The van der Waals surface area contributed by atoms with Gasteiger partial charge in [-0.2, -0.15) is 0 Å². The first-order chi connectivity index (χ1) is 11.1. The number of hydrogen-bond acceptors (Lipinski definition) is 4. The fourth-order valence-corrected chi connectivity index (χ4v) is 1.80. The maximum Gasteiger partial charge on any atom is 0.343 e. The number of carbonyl (C=O) groups excluding carboxylic acids is 2. The van der Waals surface area contributed by atoms with Crippen LogP contribution in [0.2, 0.25) is 0 Å². The van der Waals surface area contributed by atoms with E-state index in [-0.39, 0.29) is 0 Å². The second-order valence-corrected chi connectivity index (χ2v) is 4.64. The molecule has 0 saturated heterocycles. The van der Waals surface area contributed by atoms with Crippen LogP contribution in [0.25, 0.3) is 12.2 Å². The molecule has 4 nitrogen and oxygen atoms in total. The highest BCUT2D eigenvalue weighted by molar-refractivity contribution is 5.91. The SMILES string of the molecule is C=Cc1ccc(C(=O)Oc2ccc(/C=C/C(=O)OC)cc2)cc1. The summed E-state index contributed by atoms with van der Waals surface area (Å²) < 4.78 is 9.81. The van der Waals surface area contributed by atoms with Crippen molar-refractivity contribution in [3.63, 3.8) is 0 Å². The van der Waals surface area contributed by atoms with Gasteiger partial charge in [0.2, 0.25) is 0 Å². The molecule has 0 amide bonds. The summed E-state index contributed by atoms with van der Waals surface area (Å²) in [5.41, 5.74) is 2.19. The highest BCUT2D eigenvalue weighted by atomic mass is 16.5. The van der Waals surface area contributed by atoms with Crippen molar-refractivity contribution in [1.82, 2.24) is 0 Å². The van der Waals surface area contributed by atoms with E-state index in [1.165, 1.54) is 13.2 Å². The van der Waals surface area contributed by atoms with Gasteiger partial charge >= 0.3 is 11.9 Å². The molecule has 0 N–H and O–H groups in total. The Morgan fingerprint density at radius 3 is 2.13 bits per heavy atom. The van der Waals surface area contributed by atoms with Crippen LogP contribution in [0.1, 0.15) is 21.5 Å². The maximum atomic E-state index is 12.0. The molecule has 4 heteroatoms. The highest BCUT2D eigenvalue weighted by Gasteiger charge is 2.08. The van der Waals surface area contributed by atoms with Gasteiger partial charge in [-0.3, -0.25) is 0 Å². The average molecular weight is 308 g/mol. The summed E-state index contributed by atoms with van der Waals surface area (Å²) in [7, 11) is 1.32. The first-order valence-corrected chi connectivity index (χ1v) is 6.93. The number of methoxy groups -OCH3 is 1. The molecule has 0 atom stereocenters. The first kappa shape index (κ1) is 16.2. The van der Waals surface area contributed by atoms with Gasteiger partial charge in [0.05, 0.1) is 12.7 Å². The van der Waals surface area contributed by atoms with Crippen LogP contribution in [0.3, 0.4) is 0 Å². The minimum absolute atomic E-state index is 0.427. The lowest BCUT2D eigenvalue weighted by Crippen LogP contribution is -2.08. The Morgan fingerprint density at radius 2 is 1.57 bits per heavy atom. The molecular weight excluding hydrogens is 292 g/mol. The summed E-state index contributed by atoms with van der Waals surface area (Å²) in [5, 5.41) is 0. The zero-order chi connectivity index (χ0) is 16.7. The molecule has 2 rings (SSSR count). The third kappa shape index (κ3) is 4.68. The van der Waals surface area contributed by atoms with Gasteiger partial charge in [-0.15, -0.1) is 0 Å². The molecule has 0 spiro atoms. The van der Waals surface area contributed by atoms with Crippen molar-refractivity contribution in [1.29, 1.82) is 0 Å². The zero-order valence-electron chi connectivity index (χ0n) is 12.7. The van der Waals surface area contributed by atoms with Crippen LogP contribution in [0.5, 0.6) is 5.75 Å². The standard InChI is InChI=1S/C19H16O4/c1-3-14-4-9-16(10-5-14)19(21)23-17-11-6-15(7-12-17)8-13-18(20)22-2/h3-13H,1H2,2H3/b13-8+. The third-order valence-corrected chi connectivity index (χ3v) is 3.09. The summed E-state index contributed by atoms with van der Waals surface area (Å²) in [6.07, 6.45) is 4.64. The molecule has 2 aromatic rings. The van der Waals surface area contributed by atoms with E-state index in [4.69, 9.17) is 4.74 Å². The van der Waals surface area contributed by atoms with Gasteiger partial charge in [0, 0.05) is 6.08 Å². The van der Waals surface area contributed by atoms with Gasteiger partial charge < -0.3 is 9.47 Å². The second kappa shape index (κ2) is 7.75. The number of esters is 2. The summed E-state index contributed by atoms with van der Waals surface area (Å²) in [5.74, 6) is -0.431. The fraction of sp³-hybridized carbons (Fsp3) is 0.0526. The molecule has 0 bridgehead atoms. The Balaban J connectivity index is 2.02. The van der Waals surface area contributed by atoms with Crippen molar-refractivity contribution < 1.29 is 19.1 Å². The van der Waals surface area contributed by atoms with Crippen LogP contribution >= 0.6 is 0 Å². The topological polar surface area (TPSA) is 52.6 Å². The van der Waals surface area contributed by atoms with Crippen molar-refractivity contribution in [3.05, 3.63) is 77.9 Å². The Bertz CT molecular complexity index is 725. The van der Waals surface area contributed by atoms with Crippen LogP contribution in [-0.2, 0) is 9.53 Å².